The fourth-order valence-corrected chi connectivity index (χ4v) is 2.14. The van der Waals surface area contributed by atoms with Crippen LogP contribution in [0.15, 0.2) is 42.7 Å². The molecule has 7 nitrogen and oxygen atoms in total. The molecule has 0 saturated carbocycles. The second-order valence-corrected chi connectivity index (χ2v) is 7.24. The largest absolute Gasteiger partial charge is 0.444 e. The van der Waals surface area contributed by atoms with E-state index in [0.29, 0.717) is 0 Å². The maximum absolute atomic E-state index is 12.6. The van der Waals surface area contributed by atoms with Gasteiger partial charge in [0.2, 0.25) is 5.91 Å². The lowest BCUT2D eigenvalue weighted by atomic mass is 10.1. The summed E-state index contributed by atoms with van der Waals surface area (Å²) in [5.41, 5.74) is 0.155. The number of hydrogen-bond acceptors (Lipinski definition) is 5. The molecule has 0 radical (unpaired) electrons. The molecule has 1 aromatic rings. The van der Waals surface area contributed by atoms with Gasteiger partial charge in [0.15, 0.2) is 0 Å². The Balaban J connectivity index is 2.85. The molecule has 0 aliphatic heterocycles. The monoisotopic (exact) mass is 376 g/mol. The van der Waals surface area contributed by atoms with Crippen LogP contribution < -0.4 is 10.6 Å². The molecule has 1 aromatic carbocycles. The third kappa shape index (κ3) is 8.89. The van der Waals surface area contributed by atoms with E-state index < -0.39 is 35.7 Å². The molecule has 27 heavy (non-hydrogen) atoms. The van der Waals surface area contributed by atoms with Gasteiger partial charge in [0.25, 0.3) is 0 Å². The summed E-state index contributed by atoms with van der Waals surface area (Å²) in [5.74, 6) is -0.920. The first-order valence-electron chi connectivity index (χ1n) is 8.69. The second-order valence-electron chi connectivity index (χ2n) is 7.24. The van der Waals surface area contributed by atoms with Crippen molar-refractivity contribution in [1.82, 2.24) is 10.6 Å². The van der Waals surface area contributed by atoms with Crippen molar-refractivity contribution < 1.29 is 23.9 Å². The first-order chi connectivity index (χ1) is 12.5. The first kappa shape index (κ1) is 22.2. The topological polar surface area (TPSA) is 93.7 Å². The van der Waals surface area contributed by atoms with E-state index >= 15 is 0 Å². The molecule has 0 aliphatic carbocycles. The van der Waals surface area contributed by atoms with Gasteiger partial charge in [-0.1, -0.05) is 36.9 Å². The summed E-state index contributed by atoms with van der Waals surface area (Å²) in [5, 5.41) is 5.11. The predicted octanol–water partition coefficient (Wildman–Crippen LogP) is 2.70. The zero-order chi connectivity index (χ0) is 20.6. The number of ether oxygens (including phenoxy) is 2. The van der Waals surface area contributed by atoms with E-state index in [9.17, 15) is 14.4 Å². The molecule has 2 N–H and O–H groups in total. The molecule has 0 saturated heterocycles. The predicted molar refractivity (Wildman–Crippen MR) is 102 cm³/mol. The molecule has 0 bridgehead atoms. The van der Waals surface area contributed by atoms with Gasteiger partial charge < -0.3 is 20.1 Å². The zero-order valence-corrected chi connectivity index (χ0v) is 16.5. The molecule has 7 heteroatoms. The van der Waals surface area contributed by atoms with Gasteiger partial charge >= 0.3 is 12.1 Å². The minimum Gasteiger partial charge on any atom is -0.444 e. The molecular weight excluding hydrogens is 348 g/mol. The summed E-state index contributed by atoms with van der Waals surface area (Å²) in [4.78, 5) is 36.6. The second kappa shape index (κ2) is 9.75. The standard InChI is InChI=1S/C20H28N2O5/c1-13(2)26-18(24)14(3)21-17(23)16(12-15-10-8-7-9-11-15)22-19(25)27-20(4,5)6/h7-11,14,16H,1,12H2,2-6H3,(H,21,23)(H,22,25)/t14-,16-/m0/s1. The zero-order valence-electron chi connectivity index (χ0n) is 16.5. The van der Waals surface area contributed by atoms with E-state index in [1.807, 2.05) is 30.3 Å². The van der Waals surface area contributed by atoms with Gasteiger partial charge in [-0.05, 0) is 40.2 Å². The van der Waals surface area contributed by atoms with Crippen LogP contribution >= 0.6 is 0 Å². The van der Waals surface area contributed by atoms with Crippen molar-refractivity contribution in [1.29, 1.82) is 0 Å². The Morgan fingerprint density at radius 1 is 1.11 bits per heavy atom. The number of hydrogen-bond donors (Lipinski definition) is 2. The Hall–Kier alpha value is -2.83. The van der Waals surface area contributed by atoms with Crippen LogP contribution in [0.1, 0.15) is 40.2 Å². The van der Waals surface area contributed by atoms with E-state index in [1.54, 1.807) is 20.8 Å². The van der Waals surface area contributed by atoms with Crippen molar-refractivity contribution in [2.45, 2.75) is 58.7 Å². The smallest absolute Gasteiger partial charge is 0.408 e. The summed E-state index contributed by atoms with van der Waals surface area (Å²) in [6.07, 6.45) is -0.468. The number of benzene rings is 1. The summed E-state index contributed by atoms with van der Waals surface area (Å²) >= 11 is 0. The molecule has 0 fully saturated rings. The molecule has 0 aliphatic rings. The minimum absolute atomic E-state index is 0.230. The lowest BCUT2D eigenvalue weighted by Gasteiger charge is -2.24. The number of amides is 2. The highest BCUT2D eigenvalue weighted by atomic mass is 16.6. The maximum atomic E-state index is 12.6. The molecular formula is C20H28N2O5. The minimum atomic E-state index is -0.915. The fraction of sp³-hybridized carbons (Fsp3) is 0.450. The SMILES string of the molecule is C=C(C)OC(=O)[C@H](C)NC(=O)[C@H](Cc1ccccc1)NC(=O)OC(C)(C)C. The van der Waals surface area contributed by atoms with Crippen LogP contribution in [0.5, 0.6) is 0 Å². The fourth-order valence-electron chi connectivity index (χ4n) is 2.14. The summed E-state index contributed by atoms with van der Waals surface area (Å²) in [6, 6.07) is 7.41. The lowest BCUT2D eigenvalue weighted by molar-refractivity contribution is -0.143. The van der Waals surface area contributed by atoms with Gasteiger partial charge in [-0.25, -0.2) is 9.59 Å². The highest BCUT2D eigenvalue weighted by Gasteiger charge is 2.27. The summed E-state index contributed by atoms with van der Waals surface area (Å²) < 4.78 is 10.1. The van der Waals surface area contributed by atoms with E-state index in [2.05, 4.69) is 17.2 Å². The molecule has 2 atom stereocenters. The number of allylic oxidation sites excluding steroid dienone is 1. The molecule has 0 heterocycles. The van der Waals surface area contributed by atoms with Gasteiger partial charge in [0.1, 0.15) is 17.7 Å². The normalized spacial score (nSPS) is 13.1. The number of nitrogens with one attached hydrogen (secondary N) is 2. The van der Waals surface area contributed by atoms with Crippen LogP contribution in [0.3, 0.4) is 0 Å². The van der Waals surface area contributed by atoms with Crippen molar-refractivity contribution in [3.63, 3.8) is 0 Å². The van der Waals surface area contributed by atoms with Gasteiger partial charge in [-0.3, -0.25) is 4.79 Å². The van der Waals surface area contributed by atoms with E-state index in [0.717, 1.165) is 5.56 Å². The number of carbonyl (C=O) groups excluding carboxylic acids is 3. The molecule has 0 aromatic heterocycles. The number of rotatable bonds is 7. The highest BCUT2D eigenvalue weighted by molar-refractivity contribution is 5.89. The van der Waals surface area contributed by atoms with Gasteiger partial charge in [0.05, 0.1) is 5.76 Å². The average Bonchev–Trinajstić information content (AvgIpc) is 2.52. The average molecular weight is 376 g/mol. The van der Waals surface area contributed by atoms with Crippen LogP contribution in [-0.2, 0) is 25.5 Å². The third-order valence-electron chi connectivity index (χ3n) is 3.28. The molecule has 1 rings (SSSR count). The van der Waals surface area contributed by atoms with E-state index in [4.69, 9.17) is 9.47 Å². The Bertz CT molecular complexity index is 679. The van der Waals surface area contributed by atoms with Crippen LogP contribution in [0, 0.1) is 0 Å². The molecule has 148 valence electrons. The quantitative estimate of drug-likeness (QED) is 0.564. The van der Waals surface area contributed by atoms with E-state index in [1.165, 1.54) is 13.8 Å². The highest BCUT2D eigenvalue weighted by Crippen LogP contribution is 2.09. The Morgan fingerprint density at radius 3 is 2.22 bits per heavy atom. The Morgan fingerprint density at radius 2 is 1.70 bits per heavy atom. The third-order valence-corrected chi connectivity index (χ3v) is 3.28. The van der Waals surface area contributed by atoms with Crippen molar-refractivity contribution in [3.05, 3.63) is 48.2 Å². The van der Waals surface area contributed by atoms with Crippen LogP contribution in [0.4, 0.5) is 4.79 Å². The summed E-state index contributed by atoms with van der Waals surface area (Å²) in [6.45, 7) is 11.7. The Labute approximate surface area is 160 Å². The van der Waals surface area contributed by atoms with Crippen molar-refractivity contribution >= 4 is 18.0 Å². The van der Waals surface area contributed by atoms with Crippen LogP contribution in [0.25, 0.3) is 0 Å². The van der Waals surface area contributed by atoms with Crippen molar-refractivity contribution in [2.75, 3.05) is 0 Å². The summed E-state index contributed by atoms with van der Waals surface area (Å²) in [7, 11) is 0. The maximum Gasteiger partial charge on any atom is 0.408 e. The van der Waals surface area contributed by atoms with Gasteiger partial charge in [0, 0.05) is 6.42 Å². The van der Waals surface area contributed by atoms with Gasteiger partial charge in [-0.15, -0.1) is 0 Å². The molecule has 2 amide bonds. The molecule has 0 spiro atoms. The van der Waals surface area contributed by atoms with Gasteiger partial charge in [-0.2, -0.15) is 0 Å². The number of esters is 1. The van der Waals surface area contributed by atoms with Crippen LogP contribution in [0.2, 0.25) is 0 Å². The van der Waals surface area contributed by atoms with Crippen molar-refractivity contribution in [3.8, 4) is 0 Å². The number of alkyl carbamates (subject to hydrolysis) is 1. The van der Waals surface area contributed by atoms with Crippen molar-refractivity contribution in [2.24, 2.45) is 0 Å². The Kier molecular flexibility index (Phi) is 8.02. The number of carbonyl (C=O) groups is 3. The van der Waals surface area contributed by atoms with E-state index in [-0.39, 0.29) is 12.2 Å². The lowest BCUT2D eigenvalue weighted by Crippen LogP contribution is -2.52. The first-order valence-corrected chi connectivity index (χ1v) is 8.69. The molecule has 0 unspecified atom stereocenters. The van der Waals surface area contributed by atoms with Crippen LogP contribution in [-0.4, -0.2) is 35.7 Å².